The molecule has 0 atom stereocenters. The van der Waals surface area contributed by atoms with E-state index in [1.807, 2.05) is 25.1 Å². The highest BCUT2D eigenvalue weighted by Gasteiger charge is 2.29. The quantitative estimate of drug-likeness (QED) is 0.582. The molecule has 0 radical (unpaired) electrons. The van der Waals surface area contributed by atoms with E-state index in [4.69, 9.17) is 5.73 Å². The number of hydrogen-bond acceptors (Lipinski definition) is 2. The van der Waals surface area contributed by atoms with E-state index < -0.39 is 0 Å². The fourth-order valence-electron chi connectivity index (χ4n) is 1.65. The fourth-order valence-corrected chi connectivity index (χ4v) is 1.65. The number of nitrogens with two attached hydrogens (primary N) is 1. The first-order chi connectivity index (χ1) is 6.70. The largest absolute Gasteiger partial charge is 0.399 e. The van der Waals surface area contributed by atoms with Crippen LogP contribution in [0.4, 0.5) is 11.4 Å². The molecule has 2 rings (SSSR count). The molecule has 0 aromatic heterocycles. The van der Waals surface area contributed by atoms with E-state index in [2.05, 4.69) is 0 Å². The van der Waals surface area contributed by atoms with Crippen LogP contribution in [0.15, 0.2) is 18.2 Å². The molecule has 0 spiro atoms. The molecule has 0 unspecified atom stereocenters. The van der Waals surface area contributed by atoms with Crippen LogP contribution in [0.25, 0.3) is 0 Å². The van der Waals surface area contributed by atoms with Crippen LogP contribution in [0.1, 0.15) is 18.4 Å². The SMILES string of the molecule is Cc1cc(N)cc(N(C=O)C2CC2)c1. The zero-order valence-electron chi connectivity index (χ0n) is 8.23. The first kappa shape index (κ1) is 9.06. The molecule has 0 bridgehead atoms. The summed E-state index contributed by atoms with van der Waals surface area (Å²) in [6.07, 6.45) is 3.10. The monoisotopic (exact) mass is 190 g/mol. The van der Waals surface area contributed by atoms with Crippen molar-refractivity contribution in [2.24, 2.45) is 0 Å². The van der Waals surface area contributed by atoms with Crippen LogP contribution in [0, 0.1) is 6.92 Å². The van der Waals surface area contributed by atoms with Gasteiger partial charge in [-0.25, -0.2) is 0 Å². The summed E-state index contributed by atoms with van der Waals surface area (Å²) < 4.78 is 0. The number of nitrogens with zero attached hydrogens (tertiary/aromatic N) is 1. The molecule has 1 aliphatic carbocycles. The van der Waals surface area contributed by atoms with Gasteiger partial charge in [-0.05, 0) is 43.5 Å². The number of hydrogen-bond donors (Lipinski definition) is 1. The van der Waals surface area contributed by atoms with Crippen molar-refractivity contribution in [3.8, 4) is 0 Å². The van der Waals surface area contributed by atoms with Crippen LogP contribution in [0.2, 0.25) is 0 Å². The normalized spacial score (nSPS) is 15.2. The average Bonchev–Trinajstić information content (AvgIpc) is 2.87. The lowest BCUT2D eigenvalue weighted by molar-refractivity contribution is -0.107. The summed E-state index contributed by atoms with van der Waals surface area (Å²) in [5.74, 6) is 0. The third kappa shape index (κ3) is 1.71. The van der Waals surface area contributed by atoms with E-state index in [0.29, 0.717) is 11.7 Å². The molecule has 1 aromatic carbocycles. The highest BCUT2D eigenvalue weighted by molar-refractivity contribution is 5.78. The van der Waals surface area contributed by atoms with Gasteiger partial charge in [0, 0.05) is 17.4 Å². The second-order valence-electron chi connectivity index (χ2n) is 3.85. The molecule has 1 aromatic rings. The van der Waals surface area contributed by atoms with Crippen molar-refractivity contribution in [2.45, 2.75) is 25.8 Å². The van der Waals surface area contributed by atoms with Gasteiger partial charge in [0.25, 0.3) is 0 Å². The topological polar surface area (TPSA) is 46.3 Å². The molecule has 2 N–H and O–H groups in total. The van der Waals surface area contributed by atoms with Crippen LogP contribution >= 0.6 is 0 Å². The van der Waals surface area contributed by atoms with Crippen LogP contribution in [0.3, 0.4) is 0 Å². The fraction of sp³-hybridized carbons (Fsp3) is 0.364. The summed E-state index contributed by atoms with van der Waals surface area (Å²) in [5, 5.41) is 0. The van der Waals surface area contributed by atoms with Crippen LogP contribution in [-0.2, 0) is 4.79 Å². The van der Waals surface area contributed by atoms with E-state index in [1.54, 1.807) is 4.90 Å². The Bertz CT molecular complexity index is 338. The molecule has 1 saturated carbocycles. The van der Waals surface area contributed by atoms with Gasteiger partial charge in [-0.1, -0.05) is 0 Å². The Morgan fingerprint density at radius 1 is 1.43 bits per heavy atom. The third-order valence-corrected chi connectivity index (χ3v) is 2.44. The average molecular weight is 190 g/mol. The molecule has 0 heterocycles. The zero-order chi connectivity index (χ0) is 10.1. The lowest BCUT2D eigenvalue weighted by Crippen LogP contribution is -2.23. The molecule has 0 saturated heterocycles. The first-order valence-corrected chi connectivity index (χ1v) is 4.81. The molecule has 1 fully saturated rings. The van der Waals surface area contributed by atoms with Gasteiger partial charge in [0.15, 0.2) is 0 Å². The van der Waals surface area contributed by atoms with E-state index >= 15 is 0 Å². The summed E-state index contributed by atoms with van der Waals surface area (Å²) in [6.45, 7) is 1.98. The molecule has 3 heteroatoms. The summed E-state index contributed by atoms with van der Waals surface area (Å²) in [6, 6.07) is 6.14. The van der Waals surface area contributed by atoms with Crippen molar-refractivity contribution in [3.05, 3.63) is 23.8 Å². The van der Waals surface area contributed by atoms with E-state index in [0.717, 1.165) is 30.5 Å². The predicted molar refractivity (Wildman–Crippen MR) is 57.2 cm³/mol. The summed E-state index contributed by atoms with van der Waals surface area (Å²) in [4.78, 5) is 12.7. The highest BCUT2D eigenvalue weighted by atomic mass is 16.1. The predicted octanol–water partition coefficient (Wildman–Crippen LogP) is 1.70. The van der Waals surface area contributed by atoms with Crippen LogP contribution in [0.5, 0.6) is 0 Å². The standard InChI is InChI=1S/C11H14N2O/c1-8-4-9(12)6-11(5-8)13(7-14)10-2-3-10/h4-7,10H,2-3,12H2,1H3. The number of carbonyl (C=O) groups excluding carboxylic acids is 1. The van der Waals surface area contributed by atoms with Crippen molar-refractivity contribution in [1.29, 1.82) is 0 Å². The minimum Gasteiger partial charge on any atom is -0.399 e. The van der Waals surface area contributed by atoms with Gasteiger partial charge in [0.05, 0.1) is 0 Å². The minimum atomic E-state index is 0.397. The number of rotatable bonds is 3. The van der Waals surface area contributed by atoms with Crippen LogP contribution in [-0.4, -0.2) is 12.5 Å². The Hall–Kier alpha value is -1.51. The van der Waals surface area contributed by atoms with Gasteiger partial charge in [-0.15, -0.1) is 0 Å². The highest BCUT2D eigenvalue weighted by Crippen LogP contribution is 2.31. The Morgan fingerprint density at radius 3 is 2.64 bits per heavy atom. The lowest BCUT2D eigenvalue weighted by atomic mass is 10.2. The van der Waals surface area contributed by atoms with Crippen molar-refractivity contribution in [1.82, 2.24) is 0 Å². The Kier molecular flexibility index (Phi) is 2.15. The van der Waals surface area contributed by atoms with Gasteiger partial charge >= 0.3 is 0 Å². The lowest BCUT2D eigenvalue weighted by Gasteiger charge is -2.17. The van der Waals surface area contributed by atoms with Crippen LogP contribution < -0.4 is 10.6 Å². The van der Waals surface area contributed by atoms with E-state index in [-0.39, 0.29) is 0 Å². The van der Waals surface area contributed by atoms with Gasteiger partial charge in [0.1, 0.15) is 0 Å². The number of nitrogen functional groups attached to an aromatic ring is 1. The maximum absolute atomic E-state index is 10.9. The zero-order valence-corrected chi connectivity index (χ0v) is 8.23. The minimum absolute atomic E-state index is 0.397. The molecule has 3 nitrogen and oxygen atoms in total. The maximum Gasteiger partial charge on any atom is 0.214 e. The maximum atomic E-state index is 10.9. The van der Waals surface area contributed by atoms with Gasteiger partial charge < -0.3 is 10.6 Å². The summed E-state index contributed by atoms with van der Waals surface area (Å²) >= 11 is 0. The van der Waals surface area contributed by atoms with Crippen molar-refractivity contribution >= 4 is 17.8 Å². The number of benzene rings is 1. The second kappa shape index (κ2) is 3.33. The molecule has 1 aliphatic rings. The Labute approximate surface area is 83.5 Å². The molecular weight excluding hydrogens is 176 g/mol. The van der Waals surface area contributed by atoms with Crippen molar-refractivity contribution < 1.29 is 4.79 Å². The molecular formula is C11H14N2O. The number of aryl methyl sites for hydroxylation is 1. The molecule has 0 aliphatic heterocycles. The Balaban J connectivity index is 2.32. The van der Waals surface area contributed by atoms with Gasteiger partial charge in [0.2, 0.25) is 6.41 Å². The van der Waals surface area contributed by atoms with Gasteiger partial charge in [-0.2, -0.15) is 0 Å². The van der Waals surface area contributed by atoms with E-state index in [9.17, 15) is 4.79 Å². The summed E-state index contributed by atoms with van der Waals surface area (Å²) in [7, 11) is 0. The van der Waals surface area contributed by atoms with Crippen molar-refractivity contribution in [3.63, 3.8) is 0 Å². The third-order valence-electron chi connectivity index (χ3n) is 2.44. The smallest absolute Gasteiger partial charge is 0.214 e. The number of carbonyl (C=O) groups is 1. The van der Waals surface area contributed by atoms with E-state index in [1.165, 1.54) is 0 Å². The van der Waals surface area contributed by atoms with Gasteiger partial charge in [-0.3, -0.25) is 4.79 Å². The molecule has 1 amide bonds. The first-order valence-electron chi connectivity index (χ1n) is 4.81. The summed E-state index contributed by atoms with van der Waals surface area (Å²) in [5.41, 5.74) is 8.45. The Morgan fingerprint density at radius 2 is 2.14 bits per heavy atom. The number of amides is 1. The molecule has 14 heavy (non-hydrogen) atoms. The number of anilines is 2. The molecule has 74 valence electrons. The second-order valence-corrected chi connectivity index (χ2v) is 3.85. The van der Waals surface area contributed by atoms with Crippen molar-refractivity contribution in [2.75, 3.05) is 10.6 Å².